The average Bonchev–Trinajstić information content (AvgIpc) is 2.00. The highest BCUT2D eigenvalue weighted by atomic mass is 19.4. The van der Waals surface area contributed by atoms with Crippen molar-refractivity contribution in [3.63, 3.8) is 0 Å². The molecule has 0 saturated heterocycles. The minimum atomic E-state index is -6.35. The molecule has 0 aliphatic rings. The molecule has 1 nitrogen and oxygen atoms in total. The topological polar surface area (TPSA) is 20.2 Å². The van der Waals surface area contributed by atoms with Crippen LogP contribution in [0, 0.1) is 0 Å². The lowest BCUT2D eigenvalue weighted by Crippen LogP contribution is -2.54. The zero-order valence-electron chi connectivity index (χ0n) is 8.51. The highest BCUT2D eigenvalue weighted by Crippen LogP contribution is 2.49. The van der Waals surface area contributed by atoms with Gasteiger partial charge in [-0.15, -0.1) is 0 Å². The first-order chi connectivity index (χ1) is 6.77. The van der Waals surface area contributed by atoms with E-state index < -0.39 is 30.0 Å². The van der Waals surface area contributed by atoms with Crippen LogP contribution in [-0.4, -0.2) is 28.7 Å². The van der Waals surface area contributed by atoms with Gasteiger partial charge in [0.15, 0.2) is 0 Å². The molecular weight excluding hydrogens is 245 g/mol. The zero-order chi connectivity index (χ0) is 13.4. The van der Waals surface area contributed by atoms with Crippen LogP contribution in [0.25, 0.3) is 0 Å². The van der Waals surface area contributed by atoms with Crippen molar-refractivity contribution in [2.75, 3.05) is 0 Å². The molecule has 0 bridgehead atoms. The summed E-state index contributed by atoms with van der Waals surface area (Å²) >= 11 is 0. The predicted molar refractivity (Wildman–Crippen MR) is 41.5 cm³/mol. The second-order valence-electron chi connectivity index (χ2n) is 3.80. The van der Waals surface area contributed by atoms with Gasteiger partial charge in [-0.2, -0.15) is 30.7 Å². The molecule has 0 spiro atoms. The fourth-order valence-corrected chi connectivity index (χ4v) is 0.922. The van der Waals surface area contributed by atoms with E-state index in [4.69, 9.17) is 5.11 Å². The van der Waals surface area contributed by atoms with Crippen molar-refractivity contribution < 1.29 is 35.8 Å². The highest BCUT2D eigenvalue weighted by Gasteiger charge is 2.73. The van der Waals surface area contributed by atoms with E-state index in [1.807, 2.05) is 0 Å². The van der Waals surface area contributed by atoms with Gasteiger partial charge in [0.05, 0.1) is 5.60 Å². The largest absolute Gasteiger partial charge is 0.459 e. The molecule has 0 aromatic rings. The predicted octanol–water partition coefficient (Wildman–Crippen LogP) is 3.37. The molecule has 0 radical (unpaired) electrons. The number of rotatable bonds is 4. The van der Waals surface area contributed by atoms with Crippen LogP contribution in [0.5, 0.6) is 0 Å². The van der Waals surface area contributed by atoms with Gasteiger partial charge in [-0.25, -0.2) is 0 Å². The summed E-state index contributed by atoms with van der Waals surface area (Å²) in [7, 11) is 0. The fraction of sp³-hybridized carbons (Fsp3) is 1.00. The molecule has 1 N–H and O–H groups in total. The summed E-state index contributed by atoms with van der Waals surface area (Å²) < 4.78 is 85.4. The summed E-state index contributed by atoms with van der Waals surface area (Å²) in [4.78, 5) is 0. The lowest BCUT2D eigenvalue weighted by Gasteiger charge is -2.33. The average molecular weight is 256 g/mol. The minimum Gasteiger partial charge on any atom is -0.390 e. The normalized spacial score (nSPS) is 18.4. The Morgan fingerprint density at radius 2 is 1.31 bits per heavy atom. The van der Waals surface area contributed by atoms with Gasteiger partial charge in [0.1, 0.15) is 0 Å². The summed E-state index contributed by atoms with van der Waals surface area (Å²) in [6.45, 7) is 1.97. The second-order valence-corrected chi connectivity index (χ2v) is 3.80. The van der Waals surface area contributed by atoms with Gasteiger partial charge in [0.2, 0.25) is 0 Å². The minimum absolute atomic E-state index is 0.365. The highest BCUT2D eigenvalue weighted by molar-refractivity contribution is 4.95. The van der Waals surface area contributed by atoms with Crippen molar-refractivity contribution in [1.29, 1.82) is 0 Å². The van der Waals surface area contributed by atoms with Crippen LogP contribution in [0.3, 0.4) is 0 Å². The maximum Gasteiger partial charge on any atom is 0.459 e. The summed E-state index contributed by atoms with van der Waals surface area (Å²) in [5.74, 6) is -11.5. The molecule has 0 aromatic carbocycles. The van der Waals surface area contributed by atoms with Crippen LogP contribution in [0.4, 0.5) is 30.7 Å². The van der Waals surface area contributed by atoms with E-state index in [0.717, 1.165) is 6.92 Å². The quantitative estimate of drug-likeness (QED) is 0.764. The van der Waals surface area contributed by atoms with E-state index in [9.17, 15) is 30.7 Å². The van der Waals surface area contributed by atoms with Gasteiger partial charge >= 0.3 is 18.0 Å². The molecule has 1 unspecified atom stereocenters. The molecule has 0 amide bonds. The SMILES string of the molecule is CCC(C)(O)CC(F)(F)C(F)(F)C(F)(F)F. The Balaban J connectivity index is 5.07. The van der Waals surface area contributed by atoms with Crippen molar-refractivity contribution in [2.24, 2.45) is 0 Å². The van der Waals surface area contributed by atoms with Gasteiger partial charge < -0.3 is 5.11 Å². The Morgan fingerprint density at radius 3 is 1.56 bits per heavy atom. The van der Waals surface area contributed by atoms with Gasteiger partial charge in [0.25, 0.3) is 0 Å². The number of hydrogen-bond donors (Lipinski definition) is 1. The first-order valence-corrected chi connectivity index (χ1v) is 4.31. The third kappa shape index (κ3) is 2.99. The summed E-state index contributed by atoms with van der Waals surface area (Å²) in [5, 5.41) is 9.11. The van der Waals surface area contributed by atoms with Gasteiger partial charge in [-0.3, -0.25) is 0 Å². The van der Waals surface area contributed by atoms with Crippen LogP contribution in [0.1, 0.15) is 26.7 Å². The van der Waals surface area contributed by atoms with Crippen LogP contribution >= 0.6 is 0 Å². The smallest absolute Gasteiger partial charge is 0.390 e. The molecule has 98 valence electrons. The molecule has 0 rings (SSSR count). The Kier molecular flexibility index (Phi) is 3.91. The van der Waals surface area contributed by atoms with Crippen molar-refractivity contribution >= 4 is 0 Å². The Bertz CT molecular complexity index is 243. The summed E-state index contributed by atoms with van der Waals surface area (Å²) in [5.41, 5.74) is -2.28. The van der Waals surface area contributed by atoms with Crippen molar-refractivity contribution in [3.05, 3.63) is 0 Å². The van der Waals surface area contributed by atoms with Crippen LogP contribution in [-0.2, 0) is 0 Å². The molecule has 0 aliphatic carbocycles. The molecule has 0 fully saturated rings. The van der Waals surface area contributed by atoms with Crippen molar-refractivity contribution in [2.45, 2.75) is 50.3 Å². The van der Waals surface area contributed by atoms with E-state index in [-0.39, 0.29) is 6.42 Å². The third-order valence-corrected chi connectivity index (χ3v) is 2.18. The number of aliphatic hydroxyl groups is 1. The van der Waals surface area contributed by atoms with E-state index in [1.165, 1.54) is 6.92 Å². The molecule has 0 heterocycles. The monoisotopic (exact) mass is 256 g/mol. The van der Waals surface area contributed by atoms with E-state index in [0.29, 0.717) is 0 Å². The summed E-state index contributed by atoms with van der Waals surface area (Å²) in [6, 6.07) is 0. The van der Waals surface area contributed by atoms with Crippen molar-refractivity contribution in [3.8, 4) is 0 Å². The molecular formula is C8H11F7O. The first-order valence-electron chi connectivity index (χ1n) is 4.31. The lowest BCUT2D eigenvalue weighted by molar-refractivity contribution is -0.360. The maximum absolute atomic E-state index is 12.8. The number of hydrogen-bond acceptors (Lipinski definition) is 1. The molecule has 0 aliphatic heterocycles. The second kappa shape index (κ2) is 4.05. The number of halogens is 7. The van der Waals surface area contributed by atoms with Gasteiger partial charge in [-0.1, -0.05) is 6.92 Å². The Morgan fingerprint density at radius 1 is 0.938 bits per heavy atom. The Labute approximate surface area is 87.2 Å². The molecule has 1 atom stereocenters. The standard InChI is InChI=1S/C8H11F7O/c1-3-5(2,16)4-6(9,10)7(11,12)8(13,14)15/h16H,3-4H2,1-2H3. The van der Waals surface area contributed by atoms with Crippen LogP contribution < -0.4 is 0 Å². The zero-order valence-corrected chi connectivity index (χ0v) is 8.51. The molecule has 16 heavy (non-hydrogen) atoms. The van der Waals surface area contributed by atoms with E-state index in [2.05, 4.69) is 0 Å². The van der Waals surface area contributed by atoms with Crippen LogP contribution in [0.2, 0.25) is 0 Å². The summed E-state index contributed by atoms with van der Waals surface area (Å²) in [6.07, 6.45) is -8.67. The third-order valence-electron chi connectivity index (χ3n) is 2.18. The first kappa shape index (κ1) is 15.5. The van der Waals surface area contributed by atoms with Gasteiger partial charge in [-0.05, 0) is 13.3 Å². The molecule has 8 heteroatoms. The molecule has 0 saturated carbocycles. The molecule has 0 aromatic heterocycles. The number of alkyl halides is 7. The Hall–Kier alpha value is -0.530. The fourth-order valence-electron chi connectivity index (χ4n) is 0.922. The van der Waals surface area contributed by atoms with E-state index in [1.54, 1.807) is 0 Å². The van der Waals surface area contributed by atoms with Gasteiger partial charge in [0, 0.05) is 6.42 Å². The maximum atomic E-state index is 12.8. The van der Waals surface area contributed by atoms with Crippen LogP contribution in [0.15, 0.2) is 0 Å². The van der Waals surface area contributed by atoms with Crippen molar-refractivity contribution in [1.82, 2.24) is 0 Å². The lowest BCUT2D eigenvalue weighted by atomic mass is 9.92. The van der Waals surface area contributed by atoms with E-state index >= 15 is 0 Å².